The number of hydrogen-bond acceptors (Lipinski definition) is 4. The molecule has 5 heteroatoms. The highest BCUT2D eigenvalue weighted by atomic mass is 35.5. The van der Waals surface area contributed by atoms with Crippen LogP contribution in [0.4, 0.5) is 0 Å². The van der Waals surface area contributed by atoms with E-state index in [-0.39, 0.29) is 0 Å². The molecule has 1 aromatic carbocycles. The summed E-state index contributed by atoms with van der Waals surface area (Å²) in [6.07, 6.45) is 3.40. The van der Waals surface area contributed by atoms with E-state index in [2.05, 4.69) is 16.1 Å². The molecule has 86 valence electrons. The van der Waals surface area contributed by atoms with Gasteiger partial charge in [0.05, 0.1) is 10.5 Å². The van der Waals surface area contributed by atoms with Crippen molar-refractivity contribution in [2.75, 3.05) is 5.75 Å². The second-order valence-corrected chi connectivity index (χ2v) is 6.54. The number of benzene rings is 1. The van der Waals surface area contributed by atoms with Gasteiger partial charge in [0, 0.05) is 16.0 Å². The van der Waals surface area contributed by atoms with Gasteiger partial charge in [-0.05, 0) is 11.6 Å². The predicted molar refractivity (Wildman–Crippen MR) is 78.3 cm³/mol. The first-order chi connectivity index (χ1) is 8.34. The van der Waals surface area contributed by atoms with Crippen LogP contribution in [0.1, 0.15) is 10.8 Å². The van der Waals surface area contributed by atoms with Gasteiger partial charge in [0.2, 0.25) is 0 Å². The molecule has 0 bridgehead atoms. The Morgan fingerprint density at radius 2 is 2.18 bits per heavy atom. The number of nitrogens with zero attached hydrogens (tertiary/aromatic N) is 2. The van der Waals surface area contributed by atoms with Gasteiger partial charge < -0.3 is 0 Å². The summed E-state index contributed by atoms with van der Waals surface area (Å²) in [7, 11) is 0. The SMILES string of the molecule is Clc1ccccc1C1CSC(=C2C=NC=N2)S1. The van der Waals surface area contributed by atoms with E-state index in [9.17, 15) is 0 Å². The molecule has 0 aromatic heterocycles. The fraction of sp³-hybridized carbons (Fsp3) is 0.167. The van der Waals surface area contributed by atoms with Gasteiger partial charge in [0.1, 0.15) is 12.0 Å². The van der Waals surface area contributed by atoms with E-state index < -0.39 is 0 Å². The maximum atomic E-state index is 6.22. The van der Waals surface area contributed by atoms with Crippen LogP contribution in [0.15, 0.2) is 44.2 Å². The van der Waals surface area contributed by atoms with E-state index in [1.807, 2.05) is 47.9 Å². The molecule has 1 atom stereocenters. The van der Waals surface area contributed by atoms with Crippen LogP contribution in [0.5, 0.6) is 0 Å². The van der Waals surface area contributed by atoms with Crippen LogP contribution in [0, 0.1) is 0 Å². The van der Waals surface area contributed by atoms with Gasteiger partial charge in [-0.1, -0.05) is 29.8 Å². The third-order valence-electron chi connectivity index (χ3n) is 2.54. The molecule has 1 unspecified atom stereocenters. The maximum absolute atomic E-state index is 6.22. The van der Waals surface area contributed by atoms with E-state index >= 15 is 0 Å². The Morgan fingerprint density at radius 1 is 1.29 bits per heavy atom. The number of thioether (sulfide) groups is 2. The lowest BCUT2D eigenvalue weighted by molar-refractivity contribution is 1.13. The summed E-state index contributed by atoms with van der Waals surface area (Å²) in [6, 6.07) is 8.04. The summed E-state index contributed by atoms with van der Waals surface area (Å²) in [5.74, 6) is 1.04. The normalized spacial score (nSPS) is 27.0. The van der Waals surface area contributed by atoms with Gasteiger partial charge in [-0.25, -0.2) is 9.98 Å². The third kappa shape index (κ3) is 2.30. The molecule has 1 aromatic rings. The molecule has 0 amide bonds. The quantitative estimate of drug-likeness (QED) is 0.772. The fourth-order valence-corrected chi connectivity index (χ4v) is 4.90. The Kier molecular flexibility index (Phi) is 3.27. The number of hydrogen-bond donors (Lipinski definition) is 0. The van der Waals surface area contributed by atoms with Crippen molar-refractivity contribution in [2.24, 2.45) is 9.98 Å². The van der Waals surface area contributed by atoms with Crippen molar-refractivity contribution in [1.29, 1.82) is 0 Å². The first-order valence-corrected chi connectivity index (χ1v) is 7.43. The molecule has 2 nitrogen and oxygen atoms in total. The zero-order valence-electron chi connectivity index (χ0n) is 8.84. The van der Waals surface area contributed by atoms with Crippen molar-refractivity contribution >= 4 is 47.7 Å². The average molecular weight is 281 g/mol. The van der Waals surface area contributed by atoms with E-state index in [0.717, 1.165) is 16.5 Å². The fourth-order valence-electron chi connectivity index (χ4n) is 1.71. The Morgan fingerprint density at radius 3 is 2.94 bits per heavy atom. The van der Waals surface area contributed by atoms with E-state index in [4.69, 9.17) is 11.6 Å². The summed E-state index contributed by atoms with van der Waals surface area (Å²) in [6.45, 7) is 0. The van der Waals surface area contributed by atoms with E-state index in [1.165, 1.54) is 9.80 Å². The zero-order chi connectivity index (χ0) is 11.7. The van der Waals surface area contributed by atoms with Gasteiger partial charge in [0.15, 0.2) is 0 Å². The largest absolute Gasteiger partial charge is 0.243 e. The standard InChI is InChI=1S/C12H9ClN2S2/c13-9-4-2-1-3-8(9)11-6-16-12(17-11)10-5-14-7-15-10/h1-5,7,11H,6H2. The van der Waals surface area contributed by atoms with Crippen molar-refractivity contribution in [3.05, 3.63) is 44.8 Å². The lowest BCUT2D eigenvalue weighted by atomic mass is 10.2. The summed E-state index contributed by atoms with van der Waals surface area (Å²) in [5, 5.41) is 1.26. The van der Waals surface area contributed by atoms with Crippen LogP contribution >= 0.6 is 35.1 Å². The second-order valence-electron chi connectivity index (χ2n) is 3.63. The first-order valence-electron chi connectivity index (χ1n) is 5.18. The molecule has 2 aliphatic heterocycles. The highest BCUT2D eigenvalue weighted by Crippen LogP contribution is 2.52. The molecular formula is C12H9ClN2S2. The minimum atomic E-state index is 0.417. The topological polar surface area (TPSA) is 24.7 Å². The maximum Gasteiger partial charge on any atom is 0.116 e. The predicted octanol–water partition coefficient (Wildman–Crippen LogP) is 4.14. The van der Waals surface area contributed by atoms with Gasteiger partial charge in [0.25, 0.3) is 0 Å². The number of halogens is 1. The van der Waals surface area contributed by atoms with Gasteiger partial charge in [-0.2, -0.15) is 0 Å². The molecule has 0 N–H and O–H groups in total. The third-order valence-corrected chi connectivity index (χ3v) is 5.83. The highest BCUT2D eigenvalue weighted by Gasteiger charge is 2.26. The summed E-state index contributed by atoms with van der Waals surface area (Å²) in [5.41, 5.74) is 2.19. The van der Waals surface area contributed by atoms with Gasteiger partial charge in [-0.15, -0.1) is 23.5 Å². The first kappa shape index (κ1) is 11.4. The van der Waals surface area contributed by atoms with Crippen molar-refractivity contribution in [2.45, 2.75) is 5.25 Å². The summed E-state index contributed by atoms with van der Waals surface area (Å²) >= 11 is 9.88. The second kappa shape index (κ2) is 4.88. The molecular weight excluding hydrogens is 272 g/mol. The van der Waals surface area contributed by atoms with E-state index in [1.54, 1.807) is 6.34 Å². The molecule has 0 spiro atoms. The molecule has 1 fully saturated rings. The van der Waals surface area contributed by atoms with Crippen LogP contribution in [0.3, 0.4) is 0 Å². The monoisotopic (exact) mass is 280 g/mol. The molecule has 1 saturated heterocycles. The van der Waals surface area contributed by atoms with Gasteiger partial charge >= 0.3 is 0 Å². The molecule has 17 heavy (non-hydrogen) atoms. The lowest BCUT2D eigenvalue weighted by Crippen LogP contribution is -1.92. The van der Waals surface area contributed by atoms with Crippen LogP contribution in [-0.4, -0.2) is 18.3 Å². The molecule has 0 aliphatic carbocycles. The summed E-state index contributed by atoms with van der Waals surface area (Å²) < 4.78 is 1.24. The molecule has 0 saturated carbocycles. The molecule has 3 rings (SSSR count). The Labute approximate surface area is 113 Å². The zero-order valence-corrected chi connectivity index (χ0v) is 11.2. The smallest absolute Gasteiger partial charge is 0.116 e. The number of rotatable bonds is 1. The molecule has 2 aliphatic rings. The minimum absolute atomic E-state index is 0.417. The van der Waals surface area contributed by atoms with Crippen molar-refractivity contribution in [3.8, 4) is 0 Å². The molecule has 2 heterocycles. The minimum Gasteiger partial charge on any atom is -0.243 e. The van der Waals surface area contributed by atoms with Gasteiger partial charge in [-0.3, -0.25) is 0 Å². The van der Waals surface area contributed by atoms with Crippen molar-refractivity contribution < 1.29 is 0 Å². The summed E-state index contributed by atoms with van der Waals surface area (Å²) in [4.78, 5) is 8.22. The van der Waals surface area contributed by atoms with Crippen LogP contribution in [0.25, 0.3) is 0 Å². The van der Waals surface area contributed by atoms with Crippen LogP contribution in [-0.2, 0) is 0 Å². The van der Waals surface area contributed by atoms with E-state index in [0.29, 0.717) is 5.25 Å². The number of aliphatic imine (C=N–C) groups is 2. The van der Waals surface area contributed by atoms with Crippen molar-refractivity contribution in [1.82, 2.24) is 0 Å². The molecule has 0 radical (unpaired) electrons. The Balaban J connectivity index is 1.86. The lowest BCUT2D eigenvalue weighted by Gasteiger charge is -2.09. The average Bonchev–Trinajstić information content (AvgIpc) is 3.00. The van der Waals surface area contributed by atoms with Crippen LogP contribution < -0.4 is 0 Å². The Bertz CT molecular complexity index is 523. The Hall–Kier alpha value is -0.710. The van der Waals surface area contributed by atoms with Crippen molar-refractivity contribution in [3.63, 3.8) is 0 Å². The van der Waals surface area contributed by atoms with Crippen LogP contribution in [0.2, 0.25) is 5.02 Å². The highest BCUT2D eigenvalue weighted by molar-refractivity contribution is 8.25. The number of allylic oxidation sites excluding steroid dienone is 1.